The summed E-state index contributed by atoms with van der Waals surface area (Å²) in [5.74, 6) is -0.139. The molecule has 2 heterocycles. The lowest BCUT2D eigenvalue weighted by atomic mass is 10.2. The molecule has 19 heavy (non-hydrogen) atoms. The van der Waals surface area contributed by atoms with Crippen LogP contribution in [0.3, 0.4) is 0 Å². The average Bonchev–Trinajstić information content (AvgIpc) is 3.04. The highest BCUT2D eigenvalue weighted by atomic mass is 16.5. The minimum Gasteiger partial charge on any atom is -0.466 e. The molecule has 5 nitrogen and oxygen atoms in total. The second-order valence-corrected chi connectivity index (χ2v) is 4.79. The smallest absolute Gasteiger partial charge is 0.308 e. The SMILES string of the molecule is CCOC(=O)CC1CCCO1.OCCC1CCCO1. The number of esters is 1. The number of aliphatic hydroxyl groups is 1. The first-order valence-electron chi connectivity index (χ1n) is 7.26. The Balaban J connectivity index is 0.000000200. The van der Waals surface area contributed by atoms with Gasteiger partial charge in [0.1, 0.15) is 0 Å². The van der Waals surface area contributed by atoms with Crippen LogP contribution in [0.1, 0.15) is 45.4 Å². The van der Waals surface area contributed by atoms with Gasteiger partial charge in [0, 0.05) is 19.8 Å². The van der Waals surface area contributed by atoms with Gasteiger partial charge in [-0.05, 0) is 39.0 Å². The Bertz CT molecular complexity index is 232. The number of hydrogen-bond donors (Lipinski definition) is 1. The van der Waals surface area contributed by atoms with Crippen molar-refractivity contribution in [2.45, 2.75) is 57.7 Å². The Morgan fingerprint density at radius 1 is 1.21 bits per heavy atom. The zero-order chi connectivity index (χ0) is 13.9. The molecule has 2 saturated heterocycles. The third-order valence-electron chi connectivity index (χ3n) is 3.20. The van der Waals surface area contributed by atoms with Gasteiger partial charge in [0.2, 0.25) is 0 Å². The van der Waals surface area contributed by atoms with E-state index in [1.165, 1.54) is 6.42 Å². The molecule has 0 bridgehead atoms. The Morgan fingerprint density at radius 2 is 1.84 bits per heavy atom. The molecule has 2 aliphatic heterocycles. The van der Waals surface area contributed by atoms with E-state index in [9.17, 15) is 4.79 Å². The van der Waals surface area contributed by atoms with Gasteiger partial charge in [-0.1, -0.05) is 0 Å². The molecule has 2 aliphatic rings. The lowest BCUT2D eigenvalue weighted by molar-refractivity contribution is -0.145. The zero-order valence-electron chi connectivity index (χ0n) is 11.8. The predicted molar refractivity (Wildman–Crippen MR) is 70.9 cm³/mol. The molecule has 0 aliphatic carbocycles. The van der Waals surface area contributed by atoms with Crippen LogP contribution in [-0.2, 0) is 19.0 Å². The van der Waals surface area contributed by atoms with Gasteiger partial charge in [-0.2, -0.15) is 0 Å². The summed E-state index contributed by atoms with van der Waals surface area (Å²) < 4.78 is 15.3. The molecule has 2 atom stereocenters. The van der Waals surface area contributed by atoms with Crippen molar-refractivity contribution in [2.24, 2.45) is 0 Å². The molecule has 0 aromatic carbocycles. The van der Waals surface area contributed by atoms with E-state index in [-0.39, 0.29) is 18.7 Å². The van der Waals surface area contributed by atoms with E-state index in [4.69, 9.17) is 19.3 Å². The van der Waals surface area contributed by atoms with E-state index in [0.29, 0.717) is 19.1 Å². The third kappa shape index (κ3) is 7.50. The lowest BCUT2D eigenvalue weighted by Gasteiger charge is -2.07. The second-order valence-electron chi connectivity index (χ2n) is 4.79. The molecule has 0 radical (unpaired) electrons. The maximum Gasteiger partial charge on any atom is 0.308 e. The molecule has 112 valence electrons. The molecule has 0 spiro atoms. The first-order valence-corrected chi connectivity index (χ1v) is 7.26. The highest BCUT2D eigenvalue weighted by molar-refractivity contribution is 5.69. The minimum absolute atomic E-state index is 0.119. The maximum absolute atomic E-state index is 10.9. The van der Waals surface area contributed by atoms with Gasteiger partial charge in [0.05, 0.1) is 25.2 Å². The molecular formula is C14H26O5. The summed E-state index contributed by atoms with van der Waals surface area (Å²) in [5, 5.41) is 8.45. The van der Waals surface area contributed by atoms with Gasteiger partial charge < -0.3 is 19.3 Å². The standard InChI is InChI=1S/C8H14O3.C6H12O2/c1-2-10-8(9)6-7-4-3-5-11-7;7-4-3-6-2-1-5-8-6/h7H,2-6H2,1H3;6-7H,1-5H2. The van der Waals surface area contributed by atoms with Crippen LogP contribution in [0.4, 0.5) is 0 Å². The molecule has 0 aromatic rings. The number of rotatable bonds is 5. The largest absolute Gasteiger partial charge is 0.466 e. The topological polar surface area (TPSA) is 65.0 Å². The highest BCUT2D eigenvalue weighted by Gasteiger charge is 2.19. The average molecular weight is 274 g/mol. The summed E-state index contributed by atoms with van der Waals surface area (Å²) in [4.78, 5) is 10.9. The quantitative estimate of drug-likeness (QED) is 0.772. The Morgan fingerprint density at radius 3 is 2.32 bits per heavy atom. The van der Waals surface area contributed by atoms with Crippen molar-refractivity contribution >= 4 is 5.97 Å². The van der Waals surface area contributed by atoms with Crippen LogP contribution in [-0.4, -0.2) is 49.7 Å². The van der Waals surface area contributed by atoms with Gasteiger partial charge in [0.15, 0.2) is 0 Å². The molecule has 2 unspecified atom stereocenters. The number of ether oxygens (including phenoxy) is 3. The van der Waals surface area contributed by atoms with Crippen LogP contribution in [0.25, 0.3) is 0 Å². The first-order chi connectivity index (χ1) is 9.26. The summed E-state index contributed by atoms with van der Waals surface area (Å²) in [6.45, 7) is 4.23. The van der Waals surface area contributed by atoms with Gasteiger partial charge in [-0.15, -0.1) is 0 Å². The highest BCUT2D eigenvalue weighted by Crippen LogP contribution is 2.15. The normalized spacial score (nSPS) is 25.8. The minimum atomic E-state index is -0.139. The van der Waals surface area contributed by atoms with Gasteiger partial charge in [0.25, 0.3) is 0 Å². The molecular weight excluding hydrogens is 248 g/mol. The molecule has 5 heteroatoms. The second kappa shape index (κ2) is 10.2. The van der Waals surface area contributed by atoms with E-state index >= 15 is 0 Å². The third-order valence-corrected chi connectivity index (χ3v) is 3.20. The van der Waals surface area contributed by atoms with Gasteiger partial charge in [-0.3, -0.25) is 4.79 Å². The van der Waals surface area contributed by atoms with Crippen LogP contribution in [0.5, 0.6) is 0 Å². The fourth-order valence-electron chi connectivity index (χ4n) is 2.23. The Kier molecular flexibility index (Phi) is 8.79. The summed E-state index contributed by atoms with van der Waals surface area (Å²) in [5.41, 5.74) is 0. The Hall–Kier alpha value is -0.650. The van der Waals surface area contributed by atoms with E-state index < -0.39 is 0 Å². The molecule has 1 N–H and O–H groups in total. The van der Waals surface area contributed by atoms with E-state index in [1.54, 1.807) is 0 Å². The zero-order valence-corrected chi connectivity index (χ0v) is 11.8. The number of carbonyl (C=O) groups is 1. The summed E-state index contributed by atoms with van der Waals surface area (Å²) in [7, 11) is 0. The van der Waals surface area contributed by atoms with Crippen molar-refractivity contribution in [3.05, 3.63) is 0 Å². The van der Waals surface area contributed by atoms with Crippen LogP contribution in [0.2, 0.25) is 0 Å². The lowest BCUT2D eigenvalue weighted by Crippen LogP contribution is -2.14. The van der Waals surface area contributed by atoms with Gasteiger partial charge in [-0.25, -0.2) is 0 Å². The summed E-state index contributed by atoms with van der Waals surface area (Å²) in [6, 6.07) is 0. The van der Waals surface area contributed by atoms with Crippen molar-refractivity contribution in [3.8, 4) is 0 Å². The van der Waals surface area contributed by atoms with Crippen LogP contribution in [0, 0.1) is 0 Å². The molecule has 0 aromatic heterocycles. The molecule has 0 saturated carbocycles. The maximum atomic E-state index is 10.9. The van der Waals surface area contributed by atoms with Crippen molar-refractivity contribution in [2.75, 3.05) is 26.4 Å². The molecule has 2 rings (SSSR count). The number of carbonyl (C=O) groups excluding carboxylic acids is 1. The Labute approximate surface area is 115 Å². The van der Waals surface area contributed by atoms with Crippen molar-refractivity contribution < 1.29 is 24.1 Å². The number of aliphatic hydroxyl groups excluding tert-OH is 1. The van der Waals surface area contributed by atoms with Crippen LogP contribution < -0.4 is 0 Å². The first kappa shape index (κ1) is 16.4. The van der Waals surface area contributed by atoms with E-state index in [0.717, 1.165) is 38.9 Å². The van der Waals surface area contributed by atoms with Crippen LogP contribution >= 0.6 is 0 Å². The van der Waals surface area contributed by atoms with Crippen LogP contribution in [0.15, 0.2) is 0 Å². The molecule has 2 fully saturated rings. The van der Waals surface area contributed by atoms with Gasteiger partial charge >= 0.3 is 5.97 Å². The predicted octanol–water partition coefficient (Wildman–Crippen LogP) is 1.67. The van der Waals surface area contributed by atoms with E-state index in [2.05, 4.69) is 0 Å². The summed E-state index contributed by atoms with van der Waals surface area (Å²) in [6.07, 6.45) is 6.11. The molecule has 0 amide bonds. The monoisotopic (exact) mass is 274 g/mol. The summed E-state index contributed by atoms with van der Waals surface area (Å²) >= 11 is 0. The van der Waals surface area contributed by atoms with Crippen molar-refractivity contribution in [1.82, 2.24) is 0 Å². The van der Waals surface area contributed by atoms with Crippen molar-refractivity contribution in [1.29, 1.82) is 0 Å². The fraction of sp³-hybridized carbons (Fsp3) is 0.929. The van der Waals surface area contributed by atoms with Crippen molar-refractivity contribution in [3.63, 3.8) is 0 Å². The fourth-order valence-corrected chi connectivity index (χ4v) is 2.23. The number of hydrogen-bond acceptors (Lipinski definition) is 5. The van der Waals surface area contributed by atoms with E-state index in [1.807, 2.05) is 6.92 Å².